The van der Waals surface area contributed by atoms with E-state index in [1.165, 1.54) is 0 Å². The largest absolute Gasteiger partial charge is 0.325 e. The number of anilines is 1. The first-order valence-electron chi connectivity index (χ1n) is 9.13. The highest BCUT2D eigenvalue weighted by molar-refractivity contribution is 9.10. The number of rotatable bonds is 6. The lowest BCUT2D eigenvalue weighted by Crippen LogP contribution is -2.44. The topological polar surface area (TPSA) is 78.5 Å². The molecule has 2 aromatic carbocycles. The van der Waals surface area contributed by atoms with Crippen LogP contribution in [0.1, 0.15) is 30.9 Å². The molecule has 0 aromatic heterocycles. The number of nitrogens with one attached hydrogen (secondary N) is 2. The summed E-state index contributed by atoms with van der Waals surface area (Å²) in [4.78, 5) is 39.2. The van der Waals surface area contributed by atoms with Crippen molar-refractivity contribution in [1.82, 2.24) is 10.2 Å². The van der Waals surface area contributed by atoms with Crippen molar-refractivity contribution in [3.05, 3.63) is 64.1 Å². The van der Waals surface area contributed by atoms with Crippen LogP contribution in [0, 0.1) is 6.92 Å². The molecule has 0 radical (unpaired) electrons. The molecule has 3 rings (SSSR count). The molecule has 1 aliphatic heterocycles. The normalized spacial score (nSPS) is 18.9. The van der Waals surface area contributed by atoms with E-state index in [9.17, 15) is 14.4 Å². The summed E-state index contributed by atoms with van der Waals surface area (Å²) >= 11 is 3.38. The standard InChI is InChI=1S/C21H22BrN3O3/c1-3-11-21(15-7-5-4-6-8-15)19(27)25(20(28)24-21)13-18(26)23-17-10-9-16(22)12-14(17)2/h4-10,12H,3,11,13H2,1-2H3,(H,23,26)(H,24,28)/t21-/m1/s1. The van der Waals surface area contributed by atoms with Crippen LogP contribution in [-0.2, 0) is 15.1 Å². The number of aryl methyl sites for hydroxylation is 1. The number of hydrogen-bond acceptors (Lipinski definition) is 3. The summed E-state index contributed by atoms with van der Waals surface area (Å²) in [5.41, 5.74) is 1.12. The minimum atomic E-state index is -1.12. The van der Waals surface area contributed by atoms with E-state index in [0.717, 1.165) is 20.5 Å². The predicted octanol–water partition coefficient (Wildman–Crippen LogP) is 3.94. The van der Waals surface area contributed by atoms with Gasteiger partial charge in [-0.25, -0.2) is 4.79 Å². The Morgan fingerprint density at radius 1 is 1.18 bits per heavy atom. The van der Waals surface area contributed by atoms with Gasteiger partial charge in [-0.05, 0) is 42.7 Å². The molecule has 7 heteroatoms. The number of amides is 4. The van der Waals surface area contributed by atoms with Crippen molar-refractivity contribution in [3.8, 4) is 0 Å². The Balaban J connectivity index is 1.80. The fraction of sp³-hybridized carbons (Fsp3) is 0.286. The molecule has 1 saturated heterocycles. The van der Waals surface area contributed by atoms with Crippen LogP contribution in [0.3, 0.4) is 0 Å². The predicted molar refractivity (Wildman–Crippen MR) is 111 cm³/mol. The van der Waals surface area contributed by atoms with Crippen molar-refractivity contribution >= 4 is 39.5 Å². The molecule has 0 aliphatic carbocycles. The van der Waals surface area contributed by atoms with Crippen LogP contribution in [0.2, 0.25) is 0 Å². The van der Waals surface area contributed by atoms with Gasteiger partial charge in [0.25, 0.3) is 5.91 Å². The van der Waals surface area contributed by atoms with Gasteiger partial charge in [-0.15, -0.1) is 0 Å². The molecule has 0 saturated carbocycles. The average molecular weight is 444 g/mol. The molecule has 146 valence electrons. The fourth-order valence-electron chi connectivity index (χ4n) is 3.48. The van der Waals surface area contributed by atoms with E-state index in [1.807, 2.05) is 56.3 Å². The second-order valence-electron chi connectivity index (χ2n) is 6.85. The highest BCUT2D eigenvalue weighted by Crippen LogP contribution is 2.33. The van der Waals surface area contributed by atoms with Gasteiger partial charge in [-0.3, -0.25) is 14.5 Å². The van der Waals surface area contributed by atoms with Crippen molar-refractivity contribution in [3.63, 3.8) is 0 Å². The second-order valence-corrected chi connectivity index (χ2v) is 7.77. The Morgan fingerprint density at radius 3 is 2.54 bits per heavy atom. The van der Waals surface area contributed by atoms with Gasteiger partial charge in [0.2, 0.25) is 5.91 Å². The van der Waals surface area contributed by atoms with Gasteiger partial charge in [0, 0.05) is 10.2 Å². The van der Waals surface area contributed by atoms with E-state index in [-0.39, 0.29) is 6.54 Å². The molecule has 6 nitrogen and oxygen atoms in total. The third-order valence-electron chi connectivity index (χ3n) is 4.83. The lowest BCUT2D eigenvalue weighted by Gasteiger charge is -2.26. The molecule has 1 aliphatic rings. The van der Waals surface area contributed by atoms with Gasteiger partial charge in [0.15, 0.2) is 0 Å². The zero-order valence-electron chi connectivity index (χ0n) is 15.8. The molecule has 4 amide bonds. The molecule has 2 N–H and O–H groups in total. The zero-order valence-corrected chi connectivity index (χ0v) is 17.4. The first kappa shape index (κ1) is 20.1. The summed E-state index contributed by atoms with van der Waals surface area (Å²) in [6.45, 7) is 3.49. The molecule has 1 fully saturated rings. The van der Waals surface area contributed by atoms with Gasteiger partial charge in [-0.1, -0.05) is 59.6 Å². The monoisotopic (exact) mass is 443 g/mol. The van der Waals surface area contributed by atoms with Crippen LogP contribution >= 0.6 is 15.9 Å². The van der Waals surface area contributed by atoms with Crippen molar-refractivity contribution in [1.29, 1.82) is 0 Å². The Hall–Kier alpha value is -2.67. The quantitative estimate of drug-likeness (QED) is 0.663. The summed E-state index contributed by atoms with van der Waals surface area (Å²) in [6, 6.07) is 14.1. The van der Waals surface area contributed by atoms with Gasteiger partial charge in [0.1, 0.15) is 12.1 Å². The first-order valence-corrected chi connectivity index (χ1v) is 9.92. The van der Waals surface area contributed by atoms with Crippen LogP contribution in [0.4, 0.5) is 10.5 Å². The van der Waals surface area contributed by atoms with Crippen LogP contribution in [0.25, 0.3) is 0 Å². The smallest absolute Gasteiger partial charge is 0.324 e. The SMILES string of the molecule is CCC[C@]1(c2ccccc2)NC(=O)N(CC(=O)Nc2ccc(Br)cc2C)C1=O. The van der Waals surface area contributed by atoms with Crippen LogP contribution in [-0.4, -0.2) is 29.3 Å². The number of carbonyl (C=O) groups excluding carboxylic acids is 3. The molecule has 1 atom stereocenters. The van der Waals surface area contributed by atoms with E-state index < -0.39 is 23.4 Å². The van der Waals surface area contributed by atoms with E-state index in [2.05, 4.69) is 26.6 Å². The maximum Gasteiger partial charge on any atom is 0.325 e. The van der Waals surface area contributed by atoms with Crippen LogP contribution in [0.15, 0.2) is 53.0 Å². The third-order valence-corrected chi connectivity index (χ3v) is 5.32. The minimum absolute atomic E-state index is 0.335. The summed E-state index contributed by atoms with van der Waals surface area (Å²) in [6.07, 6.45) is 1.17. The maximum absolute atomic E-state index is 13.2. The second kappa shape index (κ2) is 8.14. The Bertz CT molecular complexity index is 916. The van der Waals surface area contributed by atoms with Gasteiger partial charge >= 0.3 is 6.03 Å². The van der Waals surface area contributed by atoms with Gasteiger partial charge in [0.05, 0.1) is 0 Å². The van der Waals surface area contributed by atoms with E-state index in [0.29, 0.717) is 18.5 Å². The lowest BCUT2D eigenvalue weighted by atomic mass is 9.85. The summed E-state index contributed by atoms with van der Waals surface area (Å²) in [5, 5.41) is 5.59. The molecule has 0 unspecified atom stereocenters. The Kier molecular flexibility index (Phi) is 5.84. The first-order chi connectivity index (χ1) is 13.4. The zero-order chi connectivity index (χ0) is 20.3. The summed E-state index contributed by atoms with van der Waals surface area (Å²) < 4.78 is 0.907. The van der Waals surface area contributed by atoms with Crippen molar-refractivity contribution in [2.45, 2.75) is 32.2 Å². The van der Waals surface area contributed by atoms with Crippen molar-refractivity contribution in [2.75, 3.05) is 11.9 Å². The number of nitrogens with zero attached hydrogens (tertiary/aromatic N) is 1. The third kappa shape index (κ3) is 3.80. The van der Waals surface area contributed by atoms with Gasteiger partial charge < -0.3 is 10.6 Å². The Morgan fingerprint density at radius 2 is 1.89 bits per heavy atom. The highest BCUT2D eigenvalue weighted by atomic mass is 79.9. The molecule has 2 aromatic rings. The summed E-state index contributed by atoms with van der Waals surface area (Å²) in [7, 11) is 0. The number of benzene rings is 2. The number of imide groups is 1. The van der Waals surface area contributed by atoms with Crippen molar-refractivity contribution < 1.29 is 14.4 Å². The molecule has 1 heterocycles. The van der Waals surface area contributed by atoms with E-state index in [4.69, 9.17) is 0 Å². The molecular weight excluding hydrogens is 422 g/mol. The average Bonchev–Trinajstić information content (AvgIpc) is 2.90. The Labute approximate surface area is 172 Å². The van der Waals surface area contributed by atoms with Crippen LogP contribution < -0.4 is 10.6 Å². The van der Waals surface area contributed by atoms with Crippen molar-refractivity contribution in [2.24, 2.45) is 0 Å². The molecule has 0 spiro atoms. The minimum Gasteiger partial charge on any atom is -0.324 e. The molecular formula is C21H22BrN3O3. The fourth-order valence-corrected chi connectivity index (χ4v) is 3.95. The number of hydrogen-bond donors (Lipinski definition) is 2. The summed E-state index contributed by atoms with van der Waals surface area (Å²) in [5.74, 6) is -0.817. The number of carbonyl (C=O) groups is 3. The highest BCUT2D eigenvalue weighted by Gasteiger charge is 2.52. The maximum atomic E-state index is 13.2. The molecule has 0 bridgehead atoms. The van der Waals surface area contributed by atoms with E-state index >= 15 is 0 Å². The lowest BCUT2D eigenvalue weighted by molar-refractivity contribution is -0.134. The molecule has 28 heavy (non-hydrogen) atoms. The van der Waals surface area contributed by atoms with Gasteiger partial charge in [-0.2, -0.15) is 0 Å². The number of halogens is 1. The van der Waals surface area contributed by atoms with Crippen LogP contribution in [0.5, 0.6) is 0 Å². The van der Waals surface area contributed by atoms with E-state index in [1.54, 1.807) is 6.07 Å². The number of urea groups is 1.